The standard InChI is InChI=1S/C19H25ClN2O/c1-2-3-4-5-6-7-19(23)22-11-10-18-16(13-22)15-12-14(20)8-9-17(15)21-18/h8-9,12,21H,2-7,10-11,13H2,1H3. The number of benzene rings is 1. The van der Waals surface area contributed by atoms with Gasteiger partial charge in [0.1, 0.15) is 0 Å². The highest BCUT2D eigenvalue weighted by Crippen LogP contribution is 2.30. The number of carbonyl (C=O) groups excluding carboxylic acids is 1. The van der Waals surface area contributed by atoms with E-state index in [1.54, 1.807) is 0 Å². The Morgan fingerprint density at radius 2 is 2.09 bits per heavy atom. The molecule has 0 saturated carbocycles. The number of halogens is 1. The van der Waals surface area contributed by atoms with Crippen molar-refractivity contribution in [2.24, 2.45) is 0 Å². The van der Waals surface area contributed by atoms with Crippen LogP contribution in [0.2, 0.25) is 5.02 Å². The monoisotopic (exact) mass is 332 g/mol. The molecule has 0 unspecified atom stereocenters. The third-order valence-electron chi connectivity index (χ3n) is 4.78. The maximum absolute atomic E-state index is 12.5. The molecule has 2 heterocycles. The zero-order valence-corrected chi connectivity index (χ0v) is 14.6. The van der Waals surface area contributed by atoms with Gasteiger partial charge in [0.15, 0.2) is 0 Å². The third-order valence-corrected chi connectivity index (χ3v) is 5.02. The summed E-state index contributed by atoms with van der Waals surface area (Å²) in [6.07, 6.45) is 7.53. The van der Waals surface area contributed by atoms with Gasteiger partial charge >= 0.3 is 0 Å². The van der Waals surface area contributed by atoms with E-state index in [1.165, 1.54) is 36.9 Å². The summed E-state index contributed by atoms with van der Waals surface area (Å²) >= 11 is 6.13. The Labute approximate surface area is 143 Å². The minimum atomic E-state index is 0.295. The lowest BCUT2D eigenvalue weighted by Crippen LogP contribution is -2.35. The van der Waals surface area contributed by atoms with E-state index < -0.39 is 0 Å². The summed E-state index contributed by atoms with van der Waals surface area (Å²) < 4.78 is 0. The molecule has 0 spiro atoms. The van der Waals surface area contributed by atoms with E-state index in [9.17, 15) is 4.79 Å². The highest BCUT2D eigenvalue weighted by Gasteiger charge is 2.23. The Kier molecular flexibility index (Phi) is 5.27. The minimum Gasteiger partial charge on any atom is -0.358 e. The van der Waals surface area contributed by atoms with Gasteiger partial charge in [0, 0.05) is 53.1 Å². The Morgan fingerprint density at radius 3 is 2.91 bits per heavy atom. The van der Waals surface area contributed by atoms with Crippen LogP contribution in [0, 0.1) is 0 Å². The van der Waals surface area contributed by atoms with Crippen LogP contribution in [0.25, 0.3) is 10.9 Å². The van der Waals surface area contributed by atoms with Crippen LogP contribution in [0.3, 0.4) is 0 Å². The maximum Gasteiger partial charge on any atom is 0.222 e. The summed E-state index contributed by atoms with van der Waals surface area (Å²) in [5.74, 6) is 0.295. The first kappa shape index (κ1) is 16.4. The van der Waals surface area contributed by atoms with Crippen molar-refractivity contribution in [3.63, 3.8) is 0 Å². The SMILES string of the molecule is CCCCCCCC(=O)N1CCc2[nH]c3ccc(Cl)cc3c2C1. The summed E-state index contributed by atoms with van der Waals surface area (Å²) in [5.41, 5.74) is 3.62. The zero-order valence-electron chi connectivity index (χ0n) is 13.8. The average molecular weight is 333 g/mol. The minimum absolute atomic E-state index is 0.295. The summed E-state index contributed by atoms with van der Waals surface area (Å²) in [6, 6.07) is 5.94. The number of aromatic amines is 1. The Balaban J connectivity index is 1.64. The van der Waals surface area contributed by atoms with Crippen LogP contribution in [0.5, 0.6) is 0 Å². The summed E-state index contributed by atoms with van der Waals surface area (Å²) in [7, 11) is 0. The second kappa shape index (κ2) is 7.39. The molecular formula is C19H25ClN2O. The van der Waals surface area contributed by atoms with Gasteiger partial charge in [-0.15, -0.1) is 0 Å². The molecule has 0 fully saturated rings. The molecule has 3 nitrogen and oxygen atoms in total. The van der Waals surface area contributed by atoms with Crippen LogP contribution in [0.15, 0.2) is 18.2 Å². The van der Waals surface area contributed by atoms with Crippen LogP contribution in [0.4, 0.5) is 0 Å². The lowest BCUT2D eigenvalue weighted by molar-refractivity contribution is -0.132. The van der Waals surface area contributed by atoms with E-state index in [4.69, 9.17) is 11.6 Å². The molecule has 1 aromatic heterocycles. The van der Waals surface area contributed by atoms with Gasteiger partial charge in [-0.2, -0.15) is 0 Å². The molecule has 1 aromatic carbocycles. The Morgan fingerprint density at radius 1 is 1.26 bits per heavy atom. The van der Waals surface area contributed by atoms with Gasteiger partial charge in [0.25, 0.3) is 0 Å². The Hall–Kier alpha value is -1.48. The van der Waals surface area contributed by atoms with E-state index in [0.717, 1.165) is 35.3 Å². The quantitative estimate of drug-likeness (QED) is 0.737. The maximum atomic E-state index is 12.5. The van der Waals surface area contributed by atoms with Crippen molar-refractivity contribution in [3.05, 3.63) is 34.5 Å². The number of hydrogen-bond donors (Lipinski definition) is 1. The first-order valence-corrected chi connectivity index (χ1v) is 9.13. The molecule has 23 heavy (non-hydrogen) atoms. The van der Waals surface area contributed by atoms with Gasteiger partial charge < -0.3 is 9.88 Å². The fraction of sp³-hybridized carbons (Fsp3) is 0.526. The fourth-order valence-corrected chi connectivity index (χ4v) is 3.61. The van der Waals surface area contributed by atoms with Gasteiger partial charge in [-0.05, 0) is 24.6 Å². The van der Waals surface area contributed by atoms with Gasteiger partial charge in [-0.3, -0.25) is 4.79 Å². The molecule has 3 rings (SSSR count). The lowest BCUT2D eigenvalue weighted by atomic mass is 10.0. The molecule has 4 heteroatoms. The molecule has 0 bridgehead atoms. The van der Waals surface area contributed by atoms with Crippen LogP contribution in [0.1, 0.15) is 56.7 Å². The van der Waals surface area contributed by atoms with Gasteiger partial charge in [-0.1, -0.05) is 44.2 Å². The van der Waals surface area contributed by atoms with E-state index >= 15 is 0 Å². The topological polar surface area (TPSA) is 36.1 Å². The van der Waals surface area contributed by atoms with Crippen molar-refractivity contribution >= 4 is 28.4 Å². The highest BCUT2D eigenvalue weighted by molar-refractivity contribution is 6.31. The van der Waals surface area contributed by atoms with E-state index in [-0.39, 0.29) is 0 Å². The second-order valence-corrected chi connectivity index (χ2v) is 6.94. The molecule has 0 aliphatic carbocycles. The molecule has 1 amide bonds. The number of hydrogen-bond acceptors (Lipinski definition) is 1. The highest BCUT2D eigenvalue weighted by atomic mass is 35.5. The predicted molar refractivity (Wildman–Crippen MR) is 95.8 cm³/mol. The van der Waals surface area contributed by atoms with E-state index in [2.05, 4.69) is 11.9 Å². The number of nitrogens with zero attached hydrogens (tertiary/aromatic N) is 1. The summed E-state index contributed by atoms with van der Waals surface area (Å²) in [5, 5.41) is 1.91. The molecule has 1 aliphatic rings. The van der Waals surface area contributed by atoms with Crippen molar-refractivity contribution in [3.8, 4) is 0 Å². The average Bonchev–Trinajstić information content (AvgIpc) is 2.91. The largest absolute Gasteiger partial charge is 0.358 e. The summed E-state index contributed by atoms with van der Waals surface area (Å²) in [6.45, 7) is 3.74. The number of rotatable bonds is 6. The van der Waals surface area contributed by atoms with Crippen molar-refractivity contribution in [2.45, 2.75) is 58.4 Å². The number of aromatic nitrogens is 1. The van der Waals surface area contributed by atoms with Gasteiger partial charge in [-0.25, -0.2) is 0 Å². The molecule has 124 valence electrons. The van der Waals surface area contributed by atoms with E-state index in [1.807, 2.05) is 23.1 Å². The van der Waals surface area contributed by atoms with Crippen LogP contribution < -0.4 is 0 Å². The lowest BCUT2D eigenvalue weighted by Gasteiger charge is -2.27. The van der Waals surface area contributed by atoms with E-state index in [0.29, 0.717) is 18.9 Å². The number of amides is 1. The summed E-state index contributed by atoms with van der Waals surface area (Å²) in [4.78, 5) is 17.9. The molecular weight excluding hydrogens is 308 g/mol. The molecule has 1 aliphatic heterocycles. The van der Waals surface area contributed by atoms with Crippen LogP contribution in [-0.4, -0.2) is 22.3 Å². The first-order valence-electron chi connectivity index (χ1n) is 8.75. The molecule has 0 atom stereocenters. The van der Waals surface area contributed by atoms with Crippen molar-refractivity contribution < 1.29 is 4.79 Å². The molecule has 1 N–H and O–H groups in total. The van der Waals surface area contributed by atoms with Crippen LogP contribution in [-0.2, 0) is 17.8 Å². The second-order valence-electron chi connectivity index (χ2n) is 6.50. The van der Waals surface area contributed by atoms with Gasteiger partial charge in [0.05, 0.1) is 0 Å². The fourth-order valence-electron chi connectivity index (χ4n) is 3.44. The smallest absolute Gasteiger partial charge is 0.222 e. The molecule has 0 radical (unpaired) electrons. The van der Waals surface area contributed by atoms with Crippen molar-refractivity contribution in [1.82, 2.24) is 9.88 Å². The Bertz CT molecular complexity index is 692. The molecule has 0 saturated heterocycles. The zero-order chi connectivity index (χ0) is 16.2. The number of carbonyl (C=O) groups is 1. The normalized spacial score (nSPS) is 14.3. The van der Waals surface area contributed by atoms with Crippen molar-refractivity contribution in [1.29, 1.82) is 0 Å². The number of nitrogens with one attached hydrogen (secondary N) is 1. The van der Waals surface area contributed by atoms with Crippen molar-refractivity contribution in [2.75, 3.05) is 6.54 Å². The number of H-pyrrole nitrogens is 1. The first-order chi connectivity index (χ1) is 11.2. The van der Waals surface area contributed by atoms with Crippen LogP contribution >= 0.6 is 11.6 Å². The molecule has 2 aromatic rings. The third kappa shape index (κ3) is 3.72. The number of unbranched alkanes of at least 4 members (excludes halogenated alkanes) is 4. The number of fused-ring (bicyclic) bond motifs is 3. The predicted octanol–water partition coefficient (Wildman–Crippen LogP) is 5.07. The van der Waals surface area contributed by atoms with Gasteiger partial charge in [0.2, 0.25) is 5.91 Å².